The summed E-state index contributed by atoms with van der Waals surface area (Å²) >= 11 is 6.13. The Kier molecular flexibility index (Phi) is 4.70. The quantitative estimate of drug-likeness (QED) is 0.772. The van der Waals surface area contributed by atoms with E-state index in [-0.39, 0.29) is 5.82 Å². The molecule has 3 aromatic rings. The van der Waals surface area contributed by atoms with Gasteiger partial charge in [-0.15, -0.1) is 0 Å². The second-order valence-electron chi connectivity index (χ2n) is 6.45. The minimum absolute atomic E-state index is 0.225. The van der Waals surface area contributed by atoms with Crippen LogP contribution in [0.2, 0.25) is 5.02 Å². The molecule has 0 amide bonds. The number of nitrogens with zero attached hydrogens (tertiary/aromatic N) is 3. The van der Waals surface area contributed by atoms with Crippen LogP contribution >= 0.6 is 11.6 Å². The first-order valence-corrected chi connectivity index (χ1v) is 8.88. The Labute approximate surface area is 151 Å². The first kappa shape index (κ1) is 16.5. The molecule has 2 heterocycles. The van der Waals surface area contributed by atoms with Crippen LogP contribution in [-0.4, -0.2) is 45.9 Å². The average molecular weight is 359 g/mol. The third kappa shape index (κ3) is 3.68. The molecule has 1 N–H and O–H groups in total. The van der Waals surface area contributed by atoms with Gasteiger partial charge in [0.25, 0.3) is 0 Å². The maximum atomic E-state index is 13.9. The van der Waals surface area contributed by atoms with Gasteiger partial charge in [-0.3, -0.25) is 9.80 Å². The fraction of sp³-hybridized carbons (Fsp3) is 0.316. The molecule has 1 aliphatic heterocycles. The normalized spacial score (nSPS) is 16.6. The van der Waals surface area contributed by atoms with Crippen molar-refractivity contribution in [1.82, 2.24) is 19.8 Å². The number of aromatic nitrogens is 2. The van der Waals surface area contributed by atoms with Gasteiger partial charge in [-0.05, 0) is 24.3 Å². The van der Waals surface area contributed by atoms with Crippen molar-refractivity contribution in [1.29, 1.82) is 0 Å². The zero-order valence-electron chi connectivity index (χ0n) is 13.9. The van der Waals surface area contributed by atoms with Crippen molar-refractivity contribution in [2.24, 2.45) is 0 Å². The van der Waals surface area contributed by atoms with E-state index in [9.17, 15) is 4.39 Å². The SMILES string of the molecule is Fc1cccc(Cl)c1CN1CCN(Cc2nc3ccccc3[nH]2)CC1. The number of aromatic amines is 1. The number of hydrogen-bond donors (Lipinski definition) is 1. The summed E-state index contributed by atoms with van der Waals surface area (Å²) in [5.41, 5.74) is 2.67. The van der Waals surface area contributed by atoms with Crippen molar-refractivity contribution >= 4 is 22.6 Å². The number of fused-ring (bicyclic) bond motifs is 1. The molecule has 6 heteroatoms. The highest BCUT2D eigenvalue weighted by Gasteiger charge is 2.20. The van der Waals surface area contributed by atoms with Crippen molar-refractivity contribution in [2.45, 2.75) is 13.1 Å². The van der Waals surface area contributed by atoms with Crippen LogP contribution in [0.5, 0.6) is 0 Å². The van der Waals surface area contributed by atoms with E-state index in [4.69, 9.17) is 11.6 Å². The van der Waals surface area contributed by atoms with E-state index in [1.165, 1.54) is 6.07 Å². The van der Waals surface area contributed by atoms with E-state index in [1.54, 1.807) is 12.1 Å². The van der Waals surface area contributed by atoms with Gasteiger partial charge >= 0.3 is 0 Å². The Morgan fingerprint density at radius 2 is 1.68 bits per heavy atom. The Morgan fingerprint density at radius 3 is 2.40 bits per heavy atom. The predicted octanol–water partition coefficient (Wildman–Crippen LogP) is 3.67. The van der Waals surface area contributed by atoms with Crippen molar-refractivity contribution in [3.05, 3.63) is 64.7 Å². The molecule has 2 aromatic carbocycles. The molecule has 25 heavy (non-hydrogen) atoms. The molecule has 0 bridgehead atoms. The van der Waals surface area contributed by atoms with Crippen LogP contribution in [0, 0.1) is 5.82 Å². The number of hydrogen-bond acceptors (Lipinski definition) is 3. The fourth-order valence-corrected chi connectivity index (χ4v) is 3.53. The minimum Gasteiger partial charge on any atom is -0.341 e. The van der Waals surface area contributed by atoms with E-state index in [1.807, 2.05) is 24.3 Å². The van der Waals surface area contributed by atoms with Crippen LogP contribution in [0.15, 0.2) is 42.5 Å². The van der Waals surface area contributed by atoms with Gasteiger partial charge in [0.1, 0.15) is 11.6 Å². The summed E-state index contributed by atoms with van der Waals surface area (Å²) in [5.74, 6) is 0.768. The average Bonchev–Trinajstić information content (AvgIpc) is 3.02. The zero-order valence-corrected chi connectivity index (χ0v) is 14.6. The molecule has 1 aromatic heterocycles. The van der Waals surface area contributed by atoms with Gasteiger partial charge in [0, 0.05) is 43.3 Å². The third-order valence-corrected chi connectivity index (χ3v) is 5.07. The lowest BCUT2D eigenvalue weighted by Gasteiger charge is -2.34. The molecule has 0 saturated carbocycles. The lowest BCUT2D eigenvalue weighted by Crippen LogP contribution is -2.45. The Bertz CT molecular complexity index is 817. The van der Waals surface area contributed by atoms with Gasteiger partial charge in [0.2, 0.25) is 0 Å². The van der Waals surface area contributed by atoms with Gasteiger partial charge in [-0.25, -0.2) is 9.37 Å². The summed E-state index contributed by atoms with van der Waals surface area (Å²) in [6.45, 7) is 5.02. The lowest BCUT2D eigenvalue weighted by molar-refractivity contribution is 0.119. The van der Waals surface area contributed by atoms with Crippen molar-refractivity contribution < 1.29 is 4.39 Å². The molecule has 0 spiro atoms. The maximum absolute atomic E-state index is 13.9. The minimum atomic E-state index is -0.225. The van der Waals surface area contributed by atoms with Gasteiger partial charge in [-0.2, -0.15) is 0 Å². The monoisotopic (exact) mass is 358 g/mol. The molecular weight excluding hydrogens is 339 g/mol. The molecule has 4 rings (SSSR count). The zero-order chi connectivity index (χ0) is 17.2. The van der Waals surface area contributed by atoms with Gasteiger partial charge in [0.05, 0.1) is 17.6 Å². The predicted molar refractivity (Wildman–Crippen MR) is 98.1 cm³/mol. The summed E-state index contributed by atoms with van der Waals surface area (Å²) in [6.07, 6.45) is 0. The number of benzene rings is 2. The van der Waals surface area contributed by atoms with Crippen LogP contribution in [-0.2, 0) is 13.1 Å². The van der Waals surface area contributed by atoms with E-state index < -0.39 is 0 Å². The van der Waals surface area contributed by atoms with Gasteiger partial charge in [-0.1, -0.05) is 29.8 Å². The van der Waals surface area contributed by atoms with E-state index in [0.717, 1.165) is 49.6 Å². The molecule has 0 unspecified atom stereocenters. The highest BCUT2D eigenvalue weighted by molar-refractivity contribution is 6.31. The Balaban J connectivity index is 1.35. The van der Waals surface area contributed by atoms with Crippen LogP contribution < -0.4 is 0 Å². The molecule has 0 radical (unpaired) electrons. The molecule has 4 nitrogen and oxygen atoms in total. The number of nitrogens with one attached hydrogen (secondary N) is 1. The lowest BCUT2D eigenvalue weighted by atomic mass is 10.2. The highest BCUT2D eigenvalue weighted by atomic mass is 35.5. The molecule has 0 aliphatic carbocycles. The molecule has 130 valence electrons. The number of piperazine rings is 1. The second-order valence-corrected chi connectivity index (χ2v) is 6.86. The summed E-state index contributed by atoms with van der Waals surface area (Å²) in [7, 11) is 0. The van der Waals surface area contributed by atoms with Gasteiger partial charge < -0.3 is 4.98 Å². The molecule has 0 atom stereocenters. The molecule has 1 aliphatic rings. The molecular formula is C19H20ClFN4. The molecule has 1 fully saturated rings. The van der Waals surface area contributed by atoms with Crippen molar-refractivity contribution in [2.75, 3.05) is 26.2 Å². The van der Waals surface area contributed by atoms with E-state index in [0.29, 0.717) is 17.1 Å². The second kappa shape index (κ2) is 7.12. The first-order valence-electron chi connectivity index (χ1n) is 8.50. The number of imidazole rings is 1. The number of para-hydroxylation sites is 2. The Hall–Kier alpha value is -1.95. The Morgan fingerprint density at radius 1 is 0.960 bits per heavy atom. The van der Waals surface area contributed by atoms with Crippen LogP contribution in [0.25, 0.3) is 11.0 Å². The largest absolute Gasteiger partial charge is 0.341 e. The van der Waals surface area contributed by atoms with Crippen molar-refractivity contribution in [3.63, 3.8) is 0 Å². The number of H-pyrrole nitrogens is 1. The van der Waals surface area contributed by atoms with Gasteiger partial charge in [0.15, 0.2) is 0 Å². The smallest absolute Gasteiger partial charge is 0.129 e. The number of rotatable bonds is 4. The van der Waals surface area contributed by atoms with E-state index >= 15 is 0 Å². The maximum Gasteiger partial charge on any atom is 0.129 e. The van der Waals surface area contributed by atoms with Crippen molar-refractivity contribution in [3.8, 4) is 0 Å². The summed E-state index contributed by atoms with van der Waals surface area (Å²) < 4.78 is 13.9. The standard InChI is InChI=1S/C19H20ClFN4/c20-15-4-3-5-16(21)14(15)12-24-8-10-25(11-9-24)13-19-22-17-6-1-2-7-18(17)23-19/h1-7H,8-13H2,(H,22,23). The fourth-order valence-electron chi connectivity index (χ4n) is 3.30. The first-order chi connectivity index (χ1) is 12.2. The number of halogens is 2. The highest BCUT2D eigenvalue weighted by Crippen LogP contribution is 2.21. The van der Waals surface area contributed by atoms with Crippen LogP contribution in [0.1, 0.15) is 11.4 Å². The summed E-state index contributed by atoms with van der Waals surface area (Å²) in [5, 5.41) is 0.504. The van der Waals surface area contributed by atoms with Crippen LogP contribution in [0.3, 0.4) is 0 Å². The summed E-state index contributed by atoms with van der Waals surface area (Å²) in [6, 6.07) is 12.9. The van der Waals surface area contributed by atoms with Crippen LogP contribution in [0.4, 0.5) is 4.39 Å². The topological polar surface area (TPSA) is 35.2 Å². The molecule has 1 saturated heterocycles. The third-order valence-electron chi connectivity index (χ3n) is 4.72. The summed E-state index contributed by atoms with van der Waals surface area (Å²) in [4.78, 5) is 12.6. The van der Waals surface area contributed by atoms with E-state index in [2.05, 4.69) is 19.8 Å².